The summed E-state index contributed by atoms with van der Waals surface area (Å²) in [6.07, 6.45) is 8.31. The lowest BCUT2D eigenvalue weighted by Crippen LogP contribution is -2.46. The Kier molecular flexibility index (Phi) is 25.6. The number of aliphatic hydroxyl groups excluding tert-OH is 3. The molecule has 3 heterocycles. The van der Waals surface area contributed by atoms with Crippen molar-refractivity contribution in [3.8, 4) is 0 Å². The monoisotopic (exact) mass is 1050 g/mol. The minimum atomic E-state index is -5.58. The standard InChI is InChI=1S/C39H70N7O18P3S/c1-4-5-6-7-8-9-10-11-13-16-27(47)17-14-12-15-18-30(49)68-22-21-41-29(48)19-20-42-37(52)34(51)39(2,3)24-61-67(58,59)64-66(56,57)60-23-28-33(63-65(53,54)55)32(50)38(62-28)46-26-45-31-35(40)43-25-44-36(31)46/h25-28,32-34,38,47,50-51H,4-24H2,1-3H3,(H,41,48)(H,42,52)(H,56,57)(H,58,59)(H2,40,43,44)(H2,53,54,55). The highest BCUT2D eigenvalue weighted by atomic mass is 32.2. The molecule has 29 heteroatoms. The molecule has 0 bridgehead atoms. The highest BCUT2D eigenvalue weighted by Gasteiger charge is 2.50. The summed E-state index contributed by atoms with van der Waals surface area (Å²) in [5.41, 5.74) is 4.27. The van der Waals surface area contributed by atoms with Gasteiger partial charge in [-0.05, 0) is 19.3 Å². The molecule has 2 amide bonds. The maximum absolute atomic E-state index is 12.7. The van der Waals surface area contributed by atoms with Crippen LogP contribution in [-0.2, 0) is 50.7 Å². The molecule has 25 nitrogen and oxygen atoms in total. The highest BCUT2D eigenvalue weighted by molar-refractivity contribution is 8.13. The van der Waals surface area contributed by atoms with Gasteiger partial charge in [0.2, 0.25) is 11.8 Å². The molecule has 3 rings (SSSR count). The Morgan fingerprint density at radius 2 is 1.49 bits per heavy atom. The van der Waals surface area contributed by atoms with Crippen molar-refractivity contribution >= 4 is 69.1 Å². The van der Waals surface area contributed by atoms with Crippen molar-refractivity contribution in [2.24, 2.45) is 5.41 Å². The zero-order valence-electron chi connectivity index (χ0n) is 38.7. The van der Waals surface area contributed by atoms with Crippen LogP contribution in [0.2, 0.25) is 0 Å². The minimum absolute atomic E-state index is 0.00595. The molecule has 1 aliphatic heterocycles. The van der Waals surface area contributed by atoms with E-state index in [0.29, 0.717) is 12.2 Å². The molecule has 0 aliphatic carbocycles. The molecular weight excluding hydrogens is 979 g/mol. The number of thioether (sulfide) groups is 1. The van der Waals surface area contributed by atoms with Crippen molar-refractivity contribution in [2.45, 2.75) is 160 Å². The number of hydrogen-bond acceptors (Lipinski definition) is 19. The average molecular weight is 1050 g/mol. The number of aromatic nitrogens is 4. The molecule has 8 atom stereocenters. The number of imidazole rings is 1. The number of hydrogen-bond donors (Lipinski definition) is 10. The van der Waals surface area contributed by atoms with E-state index in [4.69, 9.17) is 19.5 Å². The average Bonchev–Trinajstić information content (AvgIpc) is 3.82. The van der Waals surface area contributed by atoms with Gasteiger partial charge in [-0.15, -0.1) is 0 Å². The number of nitrogens with two attached hydrogens (primary N) is 1. The number of phosphoric acid groups is 3. The molecule has 8 unspecified atom stereocenters. The quantitative estimate of drug-likeness (QED) is 0.0346. The number of phosphoric ester groups is 3. The summed E-state index contributed by atoms with van der Waals surface area (Å²) in [6.45, 7) is 2.71. The molecule has 0 radical (unpaired) electrons. The topological polar surface area (TPSA) is 384 Å². The fraction of sp³-hybridized carbons (Fsp3) is 0.795. The fourth-order valence-corrected chi connectivity index (χ4v) is 10.6. The van der Waals surface area contributed by atoms with Crippen molar-refractivity contribution in [3.05, 3.63) is 12.7 Å². The van der Waals surface area contributed by atoms with Gasteiger partial charge in [0.25, 0.3) is 0 Å². The minimum Gasteiger partial charge on any atom is -0.393 e. The number of rotatable bonds is 35. The summed E-state index contributed by atoms with van der Waals surface area (Å²) in [4.78, 5) is 88.4. The third-order valence-electron chi connectivity index (χ3n) is 10.8. The first-order valence-electron chi connectivity index (χ1n) is 22.7. The predicted molar refractivity (Wildman–Crippen MR) is 248 cm³/mol. The van der Waals surface area contributed by atoms with Crippen LogP contribution in [-0.4, -0.2) is 134 Å². The number of nitrogens with one attached hydrogen (secondary N) is 2. The van der Waals surface area contributed by atoms with Crippen molar-refractivity contribution in [1.29, 1.82) is 0 Å². The van der Waals surface area contributed by atoms with E-state index in [1.165, 1.54) is 58.8 Å². The van der Waals surface area contributed by atoms with Gasteiger partial charge in [0, 0.05) is 37.1 Å². The first kappa shape index (κ1) is 59.8. The van der Waals surface area contributed by atoms with Crippen LogP contribution in [0.15, 0.2) is 12.7 Å². The Morgan fingerprint density at radius 3 is 2.13 bits per heavy atom. The summed E-state index contributed by atoms with van der Waals surface area (Å²) in [6, 6.07) is 0. The molecule has 1 fully saturated rings. The first-order chi connectivity index (χ1) is 31.9. The van der Waals surface area contributed by atoms with E-state index < -0.39 is 84.6 Å². The van der Waals surface area contributed by atoms with Gasteiger partial charge in [0.15, 0.2) is 22.8 Å². The van der Waals surface area contributed by atoms with Gasteiger partial charge < -0.3 is 56.0 Å². The van der Waals surface area contributed by atoms with Crippen molar-refractivity contribution < 1.29 is 85.6 Å². The first-order valence-corrected chi connectivity index (χ1v) is 28.2. The molecule has 68 heavy (non-hydrogen) atoms. The predicted octanol–water partition coefficient (Wildman–Crippen LogP) is 3.90. The van der Waals surface area contributed by atoms with Crippen LogP contribution in [0, 0.1) is 5.41 Å². The second kappa shape index (κ2) is 29.1. The molecule has 1 saturated heterocycles. The molecule has 0 aromatic carbocycles. The van der Waals surface area contributed by atoms with Crippen LogP contribution in [0.5, 0.6) is 0 Å². The van der Waals surface area contributed by atoms with Crippen molar-refractivity contribution in [3.63, 3.8) is 0 Å². The zero-order valence-corrected chi connectivity index (χ0v) is 42.2. The smallest absolute Gasteiger partial charge is 0.393 e. The number of ether oxygens (including phenoxy) is 1. The van der Waals surface area contributed by atoms with Gasteiger partial charge in [0.1, 0.15) is 36.3 Å². The van der Waals surface area contributed by atoms with Crippen molar-refractivity contribution in [1.82, 2.24) is 30.2 Å². The molecule has 2 aromatic heterocycles. The Morgan fingerprint density at radius 1 is 0.868 bits per heavy atom. The van der Waals surface area contributed by atoms with Crippen LogP contribution in [0.4, 0.5) is 5.82 Å². The maximum atomic E-state index is 12.7. The Balaban J connectivity index is 1.30. The SMILES string of the molecule is CCCCCCCCCCCC(O)CCCCCC(=O)SCCNC(=O)CCNC(=O)C(O)C(C)(C)COP(=O)(O)OP(=O)(O)OCC1OC(n2cnc3c(N)ncnc32)C(O)C1OP(=O)(O)O. The van der Waals surface area contributed by atoms with Gasteiger partial charge in [-0.3, -0.25) is 32.5 Å². The van der Waals surface area contributed by atoms with E-state index in [-0.39, 0.29) is 47.7 Å². The van der Waals surface area contributed by atoms with Crippen LogP contribution < -0.4 is 16.4 Å². The van der Waals surface area contributed by atoms with E-state index in [2.05, 4.69) is 41.3 Å². The Bertz CT molecular complexity index is 2030. The summed E-state index contributed by atoms with van der Waals surface area (Å²) in [5, 5.41) is 36.8. The molecule has 2 aromatic rings. The third-order valence-corrected chi connectivity index (χ3v) is 14.9. The number of fused-ring (bicyclic) bond motifs is 1. The number of aliphatic hydroxyl groups is 3. The highest BCUT2D eigenvalue weighted by Crippen LogP contribution is 2.61. The number of nitrogens with zero attached hydrogens (tertiary/aromatic N) is 4. The van der Waals surface area contributed by atoms with E-state index >= 15 is 0 Å². The third kappa shape index (κ3) is 21.9. The van der Waals surface area contributed by atoms with E-state index in [9.17, 15) is 63.0 Å². The van der Waals surface area contributed by atoms with Gasteiger partial charge in [-0.2, -0.15) is 4.31 Å². The van der Waals surface area contributed by atoms with Gasteiger partial charge in [-0.25, -0.2) is 28.6 Å². The number of anilines is 1. The number of carbonyl (C=O) groups excluding carboxylic acids is 3. The summed E-state index contributed by atoms with van der Waals surface area (Å²) in [7, 11) is -16.4. The lowest BCUT2D eigenvalue weighted by atomic mass is 9.87. The molecule has 1 aliphatic rings. The van der Waals surface area contributed by atoms with Gasteiger partial charge in [-0.1, -0.05) is 103 Å². The summed E-state index contributed by atoms with van der Waals surface area (Å²) < 4.78 is 62.4. The normalized spacial score (nSPS) is 20.4. The molecule has 11 N–H and O–H groups in total. The lowest BCUT2D eigenvalue weighted by Gasteiger charge is -2.30. The van der Waals surface area contributed by atoms with Gasteiger partial charge in [0.05, 0.1) is 25.6 Å². The zero-order chi connectivity index (χ0) is 50.5. The molecule has 390 valence electrons. The Labute approximate surface area is 399 Å². The number of unbranched alkanes of at least 4 members (excludes halogenated alkanes) is 10. The number of nitrogen functional groups attached to an aromatic ring is 1. The largest absolute Gasteiger partial charge is 0.481 e. The second-order valence-corrected chi connectivity index (χ2v) is 22.5. The number of carbonyl (C=O) groups is 3. The van der Waals surface area contributed by atoms with Crippen LogP contribution in [0.25, 0.3) is 11.2 Å². The second-order valence-electron chi connectivity index (χ2n) is 17.2. The lowest BCUT2D eigenvalue weighted by molar-refractivity contribution is -0.137. The number of amides is 2. The summed E-state index contributed by atoms with van der Waals surface area (Å²) >= 11 is 1.11. The van der Waals surface area contributed by atoms with E-state index in [0.717, 1.165) is 73.9 Å². The Hall–Kier alpha value is -2.48. The molecular formula is C39H70N7O18P3S. The fourth-order valence-electron chi connectivity index (χ4n) is 7.03. The van der Waals surface area contributed by atoms with Crippen molar-refractivity contribution in [2.75, 3.05) is 37.8 Å². The van der Waals surface area contributed by atoms with Crippen LogP contribution in [0.1, 0.15) is 130 Å². The van der Waals surface area contributed by atoms with E-state index in [1.807, 2.05) is 0 Å². The summed E-state index contributed by atoms with van der Waals surface area (Å²) in [5.74, 6) is -1.10. The van der Waals surface area contributed by atoms with E-state index in [1.54, 1.807) is 0 Å². The maximum Gasteiger partial charge on any atom is 0.481 e. The van der Waals surface area contributed by atoms with Crippen LogP contribution in [0.3, 0.4) is 0 Å². The van der Waals surface area contributed by atoms with Gasteiger partial charge >= 0.3 is 23.5 Å². The van der Waals surface area contributed by atoms with Crippen LogP contribution >= 0.6 is 35.2 Å². The molecule has 0 saturated carbocycles. The molecule has 0 spiro atoms.